The van der Waals surface area contributed by atoms with Gasteiger partial charge in [-0.25, -0.2) is 0 Å². The van der Waals surface area contributed by atoms with Crippen LogP contribution in [0.1, 0.15) is 39.2 Å². The van der Waals surface area contributed by atoms with Crippen LogP contribution < -0.4 is 5.32 Å². The fourth-order valence-electron chi connectivity index (χ4n) is 3.11. The summed E-state index contributed by atoms with van der Waals surface area (Å²) in [6.07, 6.45) is 18.5. The third-order valence-corrected chi connectivity index (χ3v) is 5.29. The van der Waals surface area contributed by atoms with E-state index in [9.17, 15) is 9.59 Å². The summed E-state index contributed by atoms with van der Waals surface area (Å²) in [4.78, 5) is 24.7. The van der Waals surface area contributed by atoms with Crippen LogP contribution in [0.4, 0.5) is 5.69 Å². The Morgan fingerprint density at radius 1 is 1.09 bits per heavy atom. The number of hydrogen-bond acceptors (Lipinski definition) is 3. The smallest absolute Gasteiger partial charge is 0.184 e. The van der Waals surface area contributed by atoms with Crippen molar-refractivity contribution in [3.05, 3.63) is 138 Å². The predicted molar refractivity (Wildman–Crippen MR) is 151 cm³/mol. The van der Waals surface area contributed by atoms with Crippen molar-refractivity contribution < 1.29 is 9.59 Å². The normalized spacial score (nSPS) is 13.5. The second-order valence-electron chi connectivity index (χ2n) is 8.08. The van der Waals surface area contributed by atoms with Crippen LogP contribution in [-0.2, 0) is 9.59 Å². The van der Waals surface area contributed by atoms with Gasteiger partial charge in [0.2, 0.25) is 0 Å². The molecule has 0 fully saturated rings. The molecular formula is C32H37NO2. The number of ketones is 1. The number of hydrogen-bond donors (Lipinski definition) is 1. The van der Waals surface area contributed by atoms with E-state index < -0.39 is 0 Å². The van der Waals surface area contributed by atoms with E-state index in [-0.39, 0.29) is 5.78 Å². The number of aldehydes is 1. The first kappa shape index (κ1) is 29.1. The Bertz CT molecular complexity index is 1120. The lowest BCUT2D eigenvalue weighted by Gasteiger charge is -2.08. The molecule has 0 aliphatic carbocycles. The molecular weight excluding hydrogens is 430 g/mol. The molecule has 0 aliphatic rings. The van der Waals surface area contributed by atoms with Gasteiger partial charge >= 0.3 is 0 Å². The standard InChI is InChI=1S/C32H37NO2/c1-8-11-15-25(5)28(10-3)22-29(23-34)27(7)32(35)26(6)16-12-13-17-30(14-9-2)33-31-20-18-24(4)19-21-31/h8-11,13-14,16-23,33H,2-3,5,12,15H2,1,4,6-7H3/b11-8-,17-13-,26-16?,28-22-,29-27-,30-14+. The van der Waals surface area contributed by atoms with E-state index in [1.807, 2.05) is 74.6 Å². The minimum Gasteiger partial charge on any atom is -0.356 e. The van der Waals surface area contributed by atoms with Crippen molar-refractivity contribution in [3.8, 4) is 0 Å². The second-order valence-corrected chi connectivity index (χ2v) is 8.08. The van der Waals surface area contributed by atoms with Crippen LogP contribution in [0, 0.1) is 6.92 Å². The Hall–Kier alpha value is -3.98. The zero-order valence-electron chi connectivity index (χ0n) is 21.4. The minimum absolute atomic E-state index is 0.168. The fraction of sp³-hybridized carbons (Fsp3) is 0.188. The number of allylic oxidation sites excluding steroid dienone is 14. The summed E-state index contributed by atoms with van der Waals surface area (Å²) in [7, 11) is 0. The Morgan fingerprint density at radius 2 is 1.77 bits per heavy atom. The van der Waals surface area contributed by atoms with E-state index in [4.69, 9.17) is 0 Å². The monoisotopic (exact) mass is 467 g/mol. The number of benzene rings is 1. The highest BCUT2D eigenvalue weighted by atomic mass is 16.1. The summed E-state index contributed by atoms with van der Waals surface area (Å²) in [5, 5.41) is 3.35. The van der Waals surface area contributed by atoms with Crippen molar-refractivity contribution in [2.75, 3.05) is 5.32 Å². The number of carbonyl (C=O) groups excluding carboxylic acids is 2. The van der Waals surface area contributed by atoms with Crippen molar-refractivity contribution in [1.82, 2.24) is 0 Å². The minimum atomic E-state index is -0.168. The second kappa shape index (κ2) is 15.8. The number of aryl methyl sites for hydroxylation is 1. The van der Waals surface area contributed by atoms with E-state index in [2.05, 4.69) is 25.1 Å². The third-order valence-electron chi connectivity index (χ3n) is 5.29. The molecule has 1 N–H and O–H groups in total. The lowest BCUT2D eigenvalue weighted by Crippen LogP contribution is -2.05. The van der Waals surface area contributed by atoms with Gasteiger partial charge < -0.3 is 5.32 Å². The molecule has 0 radical (unpaired) electrons. The van der Waals surface area contributed by atoms with E-state index in [1.54, 1.807) is 32.1 Å². The zero-order valence-corrected chi connectivity index (χ0v) is 21.4. The van der Waals surface area contributed by atoms with Gasteiger partial charge in [0.1, 0.15) is 6.29 Å². The summed E-state index contributed by atoms with van der Waals surface area (Å²) < 4.78 is 0. The molecule has 0 saturated carbocycles. The van der Waals surface area contributed by atoms with Gasteiger partial charge in [0.05, 0.1) is 0 Å². The molecule has 0 saturated heterocycles. The molecule has 3 nitrogen and oxygen atoms in total. The number of rotatable bonds is 14. The largest absolute Gasteiger partial charge is 0.356 e. The first-order valence-electron chi connectivity index (χ1n) is 11.6. The first-order valence-corrected chi connectivity index (χ1v) is 11.6. The molecule has 182 valence electrons. The van der Waals surface area contributed by atoms with Crippen molar-refractivity contribution in [3.63, 3.8) is 0 Å². The lowest BCUT2D eigenvalue weighted by molar-refractivity contribution is -0.112. The molecule has 1 aromatic carbocycles. The molecule has 0 bridgehead atoms. The molecule has 0 atom stereocenters. The summed E-state index contributed by atoms with van der Waals surface area (Å²) in [5.74, 6) is -0.168. The quantitative estimate of drug-likeness (QED) is 0.130. The number of carbonyl (C=O) groups is 2. The molecule has 1 rings (SSSR count). The zero-order chi connectivity index (χ0) is 26.2. The number of nitrogens with one attached hydrogen (secondary N) is 1. The van der Waals surface area contributed by atoms with Gasteiger partial charge in [0.25, 0.3) is 0 Å². The summed E-state index contributed by atoms with van der Waals surface area (Å²) in [6, 6.07) is 8.13. The third kappa shape index (κ3) is 10.2. The lowest BCUT2D eigenvalue weighted by atomic mass is 9.96. The summed E-state index contributed by atoms with van der Waals surface area (Å²) >= 11 is 0. The van der Waals surface area contributed by atoms with E-state index in [1.165, 1.54) is 5.56 Å². The highest BCUT2D eigenvalue weighted by Gasteiger charge is 2.12. The molecule has 0 aliphatic heterocycles. The van der Waals surface area contributed by atoms with Gasteiger partial charge in [-0.05, 0) is 87.6 Å². The van der Waals surface area contributed by atoms with Gasteiger partial charge in [-0.15, -0.1) is 0 Å². The SMILES string of the molecule is C=C/C=C(\C=C/CC=C(C)C(=O)/C(C)=C(C=O)/C=C(/C=C)C(=C)C/C=C\C)Nc1ccc(C)cc1. The topological polar surface area (TPSA) is 46.2 Å². The average molecular weight is 468 g/mol. The van der Waals surface area contributed by atoms with Crippen LogP contribution >= 0.6 is 0 Å². The Kier molecular flexibility index (Phi) is 13.1. The van der Waals surface area contributed by atoms with Crippen molar-refractivity contribution >= 4 is 17.8 Å². The van der Waals surface area contributed by atoms with Gasteiger partial charge in [-0.1, -0.05) is 73.9 Å². The molecule has 35 heavy (non-hydrogen) atoms. The molecule has 0 heterocycles. The summed E-state index contributed by atoms with van der Waals surface area (Å²) in [6.45, 7) is 19.0. The predicted octanol–water partition coefficient (Wildman–Crippen LogP) is 8.09. The van der Waals surface area contributed by atoms with E-state index >= 15 is 0 Å². The maximum absolute atomic E-state index is 12.9. The Labute approximate surface area is 211 Å². The number of anilines is 1. The highest BCUT2D eigenvalue weighted by molar-refractivity contribution is 6.10. The van der Waals surface area contributed by atoms with Crippen LogP contribution in [0.25, 0.3) is 0 Å². The van der Waals surface area contributed by atoms with Gasteiger partial charge in [-0.2, -0.15) is 0 Å². The molecule has 0 spiro atoms. The molecule has 1 aromatic rings. The van der Waals surface area contributed by atoms with E-state index in [0.29, 0.717) is 35.8 Å². The van der Waals surface area contributed by atoms with E-state index in [0.717, 1.165) is 22.5 Å². The van der Waals surface area contributed by atoms with Crippen LogP contribution in [0.15, 0.2) is 132 Å². The Balaban J connectivity index is 2.97. The molecule has 0 unspecified atom stereocenters. The van der Waals surface area contributed by atoms with Crippen LogP contribution in [0.3, 0.4) is 0 Å². The first-order chi connectivity index (χ1) is 16.8. The van der Waals surface area contributed by atoms with Gasteiger partial charge in [0.15, 0.2) is 5.78 Å². The summed E-state index contributed by atoms with van der Waals surface area (Å²) in [5.41, 5.74) is 5.94. The fourth-order valence-corrected chi connectivity index (χ4v) is 3.11. The maximum Gasteiger partial charge on any atom is 0.184 e. The molecule has 0 aromatic heterocycles. The van der Waals surface area contributed by atoms with Gasteiger partial charge in [-0.3, -0.25) is 9.59 Å². The average Bonchev–Trinajstić information content (AvgIpc) is 2.86. The van der Waals surface area contributed by atoms with Crippen LogP contribution in [0.5, 0.6) is 0 Å². The maximum atomic E-state index is 12.9. The number of Topliss-reactive ketones (excluding diaryl/α,β-unsaturated/α-hetero) is 1. The highest BCUT2D eigenvalue weighted by Crippen LogP contribution is 2.19. The van der Waals surface area contributed by atoms with Crippen molar-refractivity contribution in [1.29, 1.82) is 0 Å². The van der Waals surface area contributed by atoms with Crippen LogP contribution in [0.2, 0.25) is 0 Å². The van der Waals surface area contributed by atoms with Crippen molar-refractivity contribution in [2.45, 2.75) is 40.5 Å². The van der Waals surface area contributed by atoms with Crippen LogP contribution in [-0.4, -0.2) is 12.1 Å². The Morgan fingerprint density at radius 3 is 2.34 bits per heavy atom. The molecule has 3 heteroatoms. The molecule has 0 amide bonds. The van der Waals surface area contributed by atoms with Gasteiger partial charge in [0, 0.05) is 22.5 Å². The van der Waals surface area contributed by atoms with Crippen molar-refractivity contribution in [2.24, 2.45) is 0 Å².